The quantitative estimate of drug-likeness (QED) is 0.168. The third kappa shape index (κ3) is 4.79. The van der Waals surface area contributed by atoms with Crippen molar-refractivity contribution in [3.63, 3.8) is 0 Å². The van der Waals surface area contributed by atoms with Crippen molar-refractivity contribution in [1.29, 1.82) is 0 Å². The summed E-state index contributed by atoms with van der Waals surface area (Å²) in [4.78, 5) is 9.45. The van der Waals surface area contributed by atoms with Crippen molar-refractivity contribution in [2.75, 3.05) is 33.7 Å². The van der Waals surface area contributed by atoms with Gasteiger partial charge in [0.2, 0.25) is 0 Å². The molecule has 0 aromatic heterocycles. The Bertz CT molecular complexity index is 2670. The molecular formula is C52H38N4. The van der Waals surface area contributed by atoms with Gasteiger partial charge in [-0.1, -0.05) is 121 Å². The fourth-order valence-corrected chi connectivity index (χ4v) is 9.14. The highest BCUT2D eigenvalue weighted by atomic mass is 15.3. The average molecular weight is 719 g/mol. The van der Waals surface area contributed by atoms with Gasteiger partial charge in [-0.05, 0) is 117 Å². The monoisotopic (exact) mass is 718 g/mol. The fourth-order valence-electron chi connectivity index (χ4n) is 9.14. The lowest BCUT2D eigenvalue weighted by atomic mass is 9.85. The first-order chi connectivity index (χ1) is 27.7. The Hall–Kier alpha value is -7.30. The number of fused-ring (bicyclic) bond motifs is 6. The predicted molar refractivity (Wildman–Crippen MR) is 238 cm³/mol. The topological polar surface area (TPSA) is 13.0 Å². The lowest BCUT2D eigenvalue weighted by molar-refractivity contribution is 1.13. The third-order valence-electron chi connectivity index (χ3n) is 11.7. The molecule has 0 bridgehead atoms. The normalized spacial score (nSPS) is 13.0. The van der Waals surface area contributed by atoms with Gasteiger partial charge < -0.3 is 19.6 Å². The minimum absolute atomic E-state index is 1.13. The number of rotatable bonds is 4. The Morgan fingerprint density at radius 3 is 0.875 bits per heavy atom. The second-order valence-corrected chi connectivity index (χ2v) is 14.7. The van der Waals surface area contributed by atoms with Crippen LogP contribution in [0.25, 0.3) is 43.8 Å². The summed E-state index contributed by atoms with van der Waals surface area (Å²) in [6.45, 7) is 0. The van der Waals surface area contributed by atoms with Crippen LogP contribution in [0, 0.1) is 0 Å². The highest BCUT2D eigenvalue weighted by Crippen LogP contribution is 2.54. The minimum Gasteiger partial charge on any atom is -0.341 e. The number of benzene rings is 9. The second-order valence-electron chi connectivity index (χ2n) is 14.7. The van der Waals surface area contributed by atoms with Crippen LogP contribution in [0.5, 0.6) is 0 Å². The average Bonchev–Trinajstić information content (AvgIpc) is 3.26. The Kier molecular flexibility index (Phi) is 7.26. The molecular weight excluding hydrogens is 681 g/mol. The molecule has 0 saturated heterocycles. The molecule has 4 heteroatoms. The van der Waals surface area contributed by atoms with Gasteiger partial charge in [0, 0.05) is 25.5 Å². The molecule has 0 N–H and O–H groups in total. The van der Waals surface area contributed by atoms with Crippen molar-refractivity contribution in [2.24, 2.45) is 0 Å². The van der Waals surface area contributed by atoms with E-state index in [0.29, 0.717) is 0 Å². The molecule has 0 aliphatic carbocycles. The first-order valence-electron chi connectivity index (χ1n) is 19.2. The molecule has 2 heterocycles. The van der Waals surface area contributed by atoms with Crippen LogP contribution in [-0.4, -0.2) is 14.1 Å². The van der Waals surface area contributed by atoms with Crippen molar-refractivity contribution >= 4 is 78.4 Å². The zero-order chi connectivity index (χ0) is 37.3. The van der Waals surface area contributed by atoms with Gasteiger partial charge in [0.25, 0.3) is 0 Å². The standard InChI is InChI=1S/C52H38N4/c1-53-43-21-9-13-25-47(43)55(48-26-14-10-22-44(48)53)37-29-31-39-41(33-37)51(35-17-5-3-6-18-35)40-32-30-38(34-42(40)52(39)36-19-7-4-8-20-36)56-49-27-15-11-23-45(49)54(2)46-24-12-16-28-50(46)56/h3-34H,1-2H3. The molecule has 0 saturated carbocycles. The SMILES string of the molecule is CN1c2ccccc2N(c2ccc3c(-c4ccccc4)c4cc(N5c6ccccc6N(C)c6ccccc65)ccc4c(-c4ccccc4)c3c2)c2ccccc21. The fraction of sp³-hybridized carbons (Fsp3) is 0.0385. The Morgan fingerprint density at radius 2 is 0.554 bits per heavy atom. The smallest absolute Gasteiger partial charge is 0.0699 e. The van der Waals surface area contributed by atoms with Gasteiger partial charge >= 0.3 is 0 Å². The van der Waals surface area contributed by atoms with Crippen LogP contribution in [0.15, 0.2) is 194 Å². The summed E-state index contributed by atoms with van der Waals surface area (Å²) in [6, 6.07) is 70.9. The molecule has 56 heavy (non-hydrogen) atoms. The highest BCUT2D eigenvalue weighted by Gasteiger charge is 2.30. The maximum atomic E-state index is 2.43. The molecule has 0 radical (unpaired) electrons. The molecule has 9 aromatic rings. The molecule has 4 nitrogen and oxygen atoms in total. The predicted octanol–water partition coefficient (Wildman–Crippen LogP) is 14.4. The van der Waals surface area contributed by atoms with Crippen LogP contribution in [0.3, 0.4) is 0 Å². The first kappa shape index (κ1) is 32.2. The number of para-hydroxylation sites is 8. The molecule has 2 aliphatic rings. The van der Waals surface area contributed by atoms with Crippen LogP contribution in [0.2, 0.25) is 0 Å². The van der Waals surface area contributed by atoms with E-state index in [1.807, 2.05) is 0 Å². The highest BCUT2D eigenvalue weighted by molar-refractivity contribution is 6.23. The van der Waals surface area contributed by atoms with E-state index in [4.69, 9.17) is 0 Å². The van der Waals surface area contributed by atoms with E-state index in [1.54, 1.807) is 0 Å². The van der Waals surface area contributed by atoms with Gasteiger partial charge in [0.1, 0.15) is 0 Å². The minimum atomic E-state index is 1.13. The van der Waals surface area contributed by atoms with E-state index in [2.05, 4.69) is 228 Å². The zero-order valence-corrected chi connectivity index (χ0v) is 31.3. The maximum Gasteiger partial charge on any atom is 0.0699 e. The molecule has 9 aromatic carbocycles. The molecule has 0 unspecified atom stereocenters. The van der Waals surface area contributed by atoms with Crippen molar-refractivity contribution in [2.45, 2.75) is 0 Å². The maximum absolute atomic E-state index is 2.43. The number of hydrogen-bond acceptors (Lipinski definition) is 4. The summed E-state index contributed by atoms with van der Waals surface area (Å²) >= 11 is 0. The van der Waals surface area contributed by atoms with Gasteiger partial charge in [-0.3, -0.25) is 0 Å². The van der Waals surface area contributed by atoms with Gasteiger partial charge in [0.05, 0.1) is 45.5 Å². The van der Waals surface area contributed by atoms with Gasteiger partial charge in [0.15, 0.2) is 0 Å². The largest absolute Gasteiger partial charge is 0.341 e. The van der Waals surface area contributed by atoms with E-state index in [0.717, 1.165) is 34.1 Å². The van der Waals surface area contributed by atoms with Crippen LogP contribution < -0.4 is 19.6 Å². The van der Waals surface area contributed by atoms with E-state index in [1.165, 1.54) is 66.5 Å². The zero-order valence-electron chi connectivity index (χ0n) is 31.3. The van der Waals surface area contributed by atoms with Gasteiger partial charge in [-0.2, -0.15) is 0 Å². The molecule has 0 fully saturated rings. The Labute approximate surface area is 327 Å². The van der Waals surface area contributed by atoms with E-state index in [-0.39, 0.29) is 0 Å². The number of anilines is 10. The lowest BCUT2D eigenvalue weighted by Crippen LogP contribution is -2.24. The van der Waals surface area contributed by atoms with Crippen LogP contribution in [0.1, 0.15) is 0 Å². The van der Waals surface area contributed by atoms with E-state index < -0.39 is 0 Å². The van der Waals surface area contributed by atoms with Crippen molar-refractivity contribution < 1.29 is 0 Å². The summed E-state index contributed by atoms with van der Waals surface area (Å²) in [7, 11) is 4.32. The van der Waals surface area contributed by atoms with Crippen LogP contribution in [0.4, 0.5) is 56.9 Å². The number of nitrogens with zero attached hydrogens (tertiary/aromatic N) is 4. The van der Waals surface area contributed by atoms with Crippen molar-refractivity contribution in [3.05, 3.63) is 194 Å². The van der Waals surface area contributed by atoms with E-state index in [9.17, 15) is 0 Å². The molecule has 0 spiro atoms. The molecule has 11 rings (SSSR count). The van der Waals surface area contributed by atoms with Gasteiger partial charge in [-0.15, -0.1) is 0 Å². The summed E-state index contributed by atoms with van der Waals surface area (Å²) in [5, 5.41) is 4.88. The van der Waals surface area contributed by atoms with Gasteiger partial charge in [-0.25, -0.2) is 0 Å². The number of hydrogen-bond donors (Lipinski definition) is 0. The van der Waals surface area contributed by atoms with Crippen LogP contribution >= 0.6 is 0 Å². The molecule has 0 amide bonds. The lowest BCUT2D eigenvalue weighted by Gasteiger charge is -2.39. The molecule has 2 aliphatic heterocycles. The van der Waals surface area contributed by atoms with Crippen LogP contribution in [-0.2, 0) is 0 Å². The third-order valence-corrected chi connectivity index (χ3v) is 11.7. The summed E-state index contributed by atoms with van der Waals surface area (Å²) in [5.74, 6) is 0. The van der Waals surface area contributed by atoms with Crippen molar-refractivity contribution in [1.82, 2.24) is 0 Å². The summed E-state index contributed by atoms with van der Waals surface area (Å²) < 4.78 is 0. The van der Waals surface area contributed by atoms with E-state index >= 15 is 0 Å². The second kappa shape index (κ2) is 12.6. The van der Waals surface area contributed by atoms with Crippen molar-refractivity contribution in [3.8, 4) is 22.3 Å². The molecule has 0 atom stereocenters. The molecule has 266 valence electrons. The Balaban J connectivity index is 1.22. The first-order valence-corrected chi connectivity index (χ1v) is 19.2. The summed E-state index contributed by atoms with van der Waals surface area (Å²) in [6.07, 6.45) is 0. The summed E-state index contributed by atoms with van der Waals surface area (Å²) in [5.41, 5.74) is 16.5. The Morgan fingerprint density at radius 1 is 0.268 bits per heavy atom.